The summed E-state index contributed by atoms with van der Waals surface area (Å²) >= 11 is 6.48. The summed E-state index contributed by atoms with van der Waals surface area (Å²) in [6.45, 7) is 7.62. The van der Waals surface area contributed by atoms with Crippen molar-refractivity contribution in [2.24, 2.45) is 7.05 Å². The summed E-state index contributed by atoms with van der Waals surface area (Å²) in [6, 6.07) is 11.6. The van der Waals surface area contributed by atoms with Gasteiger partial charge in [0.05, 0.1) is 42.9 Å². The number of amides is 1. The summed E-state index contributed by atoms with van der Waals surface area (Å²) in [5.41, 5.74) is 5.52. The summed E-state index contributed by atoms with van der Waals surface area (Å²) < 4.78 is 21.2. The van der Waals surface area contributed by atoms with Crippen LogP contribution in [0.3, 0.4) is 0 Å². The molecule has 9 nitrogen and oxygen atoms in total. The van der Waals surface area contributed by atoms with E-state index in [1.54, 1.807) is 11.8 Å². The van der Waals surface area contributed by atoms with Crippen LogP contribution in [0.1, 0.15) is 35.5 Å². The molecule has 0 spiro atoms. The number of hydrogen-bond donors (Lipinski definition) is 0. The molecule has 0 bridgehead atoms. The Kier molecular flexibility index (Phi) is 6.15. The number of ether oxygens (including phenoxy) is 3. The van der Waals surface area contributed by atoms with E-state index in [1.807, 2.05) is 80.0 Å². The number of aryl methyl sites for hydroxylation is 2. The van der Waals surface area contributed by atoms with Gasteiger partial charge in [0, 0.05) is 47.6 Å². The van der Waals surface area contributed by atoms with E-state index in [0.717, 1.165) is 39.3 Å². The van der Waals surface area contributed by atoms with Gasteiger partial charge in [0.25, 0.3) is 5.91 Å². The van der Waals surface area contributed by atoms with Gasteiger partial charge in [0.2, 0.25) is 0 Å². The molecule has 4 aromatic rings. The fourth-order valence-corrected chi connectivity index (χ4v) is 5.65. The van der Waals surface area contributed by atoms with Crippen molar-refractivity contribution < 1.29 is 19.0 Å². The molecular weight excluding hydrogens is 518 g/mol. The largest absolute Gasteiger partial charge is 0.496 e. The lowest BCUT2D eigenvalue weighted by atomic mass is 9.96. The second-order valence-electron chi connectivity index (χ2n) is 10.6. The predicted octanol–water partition coefficient (Wildman–Crippen LogP) is 5.05. The van der Waals surface area contributed by atoms with Gasteiger partial charge in [-0.2, -0.15) is 10.2 Å². The maximum absolute atomic E-state index is 14.0. The van der Waals surface area contributed by atoms with E-state index in [1.165, 1.54) is 0 Å². The van der Waals surface area contributed by atoms with E-state index in [9.17, 15) is 4.79 Å². The van der Waals surface area contributed by atoms with Gasteiger partial charge in [-0.25, -0.2) is 4.68 Å². The number of benzene rings is 2. The van der Waals surface area contributed by atoms with Gasteiger partial charge in [-0.3, -0.25) is 9.48 Å². The maximum Gasteiger partial charge on any atom is 0.275 e. The van der Waals surface area contributed by atoms with Gasteiger partial charge >= 0.3 is 0 Å². The first-order chi connectivity index (χ1) is 18.7. The molecular formula is C29H30ClN5O4. The summed E-state index contributed by atoms with van der Waals surface area (Å²) in [6.07, 6.45) is 1.88. The van der Waals surface area contributed by atoms with Crippen LogP contribution in [0.2, 0.25) is 5.02 Å². The van der Waals surface area contributed by atoms with Crippen molar-refractivity contribution in [3.63, 3.8) is 0 Å². The van der Waals surface area contributed by atoms with Crippen molar-refractivity contribution in [2.45, 2.75) is 32.9 Å². The molecule has 0 saturated carbocycles. The zero-order chi connectivity index (χ0) is 27.5. The Bertz CT molecular complexity index is 1590. The number of aromatic nitrogens is 4. The molecule has 0 radical (unpaired) electrons. The number of fused-ring (bicyclic) bond motifs is 3. The molecule has 0 unspecified atom stereocenters. The van der Waals surface area contributed by atoms with Crippen LogP contribution in [-0.4, -0.2) is 62.8 Å². The molecule has 2 aliphatic rings. The Balaban J connectivity index is 1.59. The molecule has 6 rings (SSSR count). The molecule has 0 aliphatic carbocycles. The number of hydrogen-bond acceptors (Lipinski definition) is 6. The van der Waals surface area contributed by atoms with Crippen molar-refractivity contribution in [1.82, 2.24) is 24.5 Å². The Hall–Kier alpha value is -3.82. The van der Waals surface area contributed by atoms with Gasteiger partial charge in [-0.05, 0) is 56.7 Å². The molecule has 39 heavy (non-hydrogen) atoms. The highest BCUT2D eigenvalue weighted by molar-refractivity contribution is 6.30. The monoisotopic (exact) mass is 547 g/mol. The number of rotatable bonds is 4. The van der Waals surface area contributed by atoms with Gasteiger partial charge in [0.15, 0.2) is 5.69 Å². The van der Waals surface area contributed by atoms with E-state index >= 15 is 0 Å². The number of carbonyl (C=O) groups is 1. The molecule has 0 atom stereocenters. The first kappa shape index (κ1) is 25.5. The number of halogens is 1. The fourth-order valence-electron chi connectivity index (χ4n) is 5.37. The minimum atomic E-state index is -0.467. The van der Waals surface area contributed by atoms with Crippen molar-refractivity contribution in [3.05, 3.63) is 64.4 Å². The molecule has 202 valence electrons. The molecule has 2 aliphatic heterocycles. The van der Waals surface area contributed by atoms with Crippen LogP contribution >= 0.6 is 11.6 Å². The average molecular weight is 548 g/mol. The maximum atomic E-state index is 14.0. The predicted molar refractivity (Wildman–Crippen MR) is 148 cm³/mol. The van der Waals surface area contributed by atoms with E-state index in [-0.39, 0.29) is 12.5 Å². The Morgan fingerprint density at radius 1 is 1.13 bits per heavy atom. The molecule has 1 amide bonds. The number of morpholine rings is 1. The summed E-state index contributed by atoms with van der Waals surface area (Å²) in [4.78, 5) is 15.9. The molecule has 1 saturated heterocycles. The van der Waals surface area contributed by atoms with Crippen LogP contribution in [-0.2, 0) is 18.4 Å². The van der Waals surface area contributed by atoms with Crippen LogP contribution < -0.4 is 9.47 Å². The van der Waals surface area contributed by atoms with Crippen LogP contribution in [0.25, 0.3) is 28.2 Å². The van der Waals surface area contributed by atoms with Gasteiger partial charge < -0.3 is 19.1 Å². The highest BCUT2D eigenvalue weighted by atomic mass is 35.5. The summed E-state index contributed by atoms with van der Waals surface area (Å²) in [7, 11) is 3.50. The minimum absolute atomic E-state index is 0.150. The molecule has 1 fully saturated rings. The van der Waals surface area contributed by atoms with E-state index < -0.39 is 5.54 Å². The first-order valence-corrected chi connectivity index (χ1v) is 13.2. The Morgan fingerprint density at radius 3 is 2.64 bits per heavy atom. The lowest BCUT2D eigenvalue weighted by Gasteiger charge is -2.41. The van der Waals surface area contributed by atoms with Crippen LogP contribution in [0.4, 0.5) is 0 Å². The zero-order valence-electron chi connectivity index (χ0n) is 22.6. The molecule has 10 heteroatoms. The van der Waals surface area contributed by atoms with Crippen molar-refractivity contribution in [2.75, 3.05) is 26.9 Å². The highest BCUT2D eigenvalue weighted by Gasteiger charge is 2.39. The zero-order valence-corrected chi connectivity index (χ0v) is 23.4. The average Bonchev–Trinajstić information content (AvgIpc) is 3.50. The SMILES string of the molecule is COc1cc2c(cc1-c1ccn(C)n1)-c1c(c(C(=O)N3CCOCC3(C)C)nn1-c1cc(C)cc(Cl)c1)CO2. The molecule has 0 N–H and O–H groups in total. The fraction of sp³-hybridized carbons (Fsp3) is 0.345. The van der Waals surface area contributed by atoms with Gasteiger partial charge in [-0.1, -0.05) is 11.6 Å². The number of carbonyl (C=O) groups excluding carboxylic acids is 1. The van der Waals surface area contributed by atoms with Crippen molar-refractivity contribution >= 4 is 17.5 Å². The standard InChI is InChI=1S/C29H30ClN5O4/c1-17-10-18(30)12-19(11-17)35-27-21-13-20(23-6-7-33(4)31-23)24(37-5)14-25(21)39-15-22(27)26(32-35)28(36)34-8-9-38-16-29(34,2)3/h6-7,10-14H,8-9,15-16H2,1-5H3. The second kappa shape index (κ2) is 9.43. The summed E-state index contributed by atoms with van der Waals surface area (Å²) in [5.74, 6) is 1.14. The minimum Gasteiger partial charge on any atom is -0.496 e. The third-order valence-electron chi connectivity index (χ3n) is 7.27. The van der Waals surface area contributed by atoms with Crippen LogP contribution in [0.5, 0.6) is 11.5 Å². The third-order valence-corrected chi connectivity index (χ3v) is 7.48. The van der Waals surface area contributed by atoms with E-state index in [0.29, 0.717) is 42.0 Å². The van der Waals surface area contributed by atoms with Crippen molar-refractivity contribution in [1.29, 1.82) is 0 Å². The quantitative estimate of drug-likeness (QED) is 0.355. The lowest BCUT2D eigenvalue weighted by Crippen LogP contribution is -2.55. The van der Waals surface area contributed by atoms with Gasteiger partial charge in [-0.15, -0.1) is 0 Å². The number of methoxy groups -OCH3 is 1. The normalized spacial score (nSPS) is 15.9. The molecule has 2 aromatic heterocycles. The highest BCUT2D eigenvalue weighted by Crippen LogP contribution is 2.46. The first-order valence-electron chi connectivity index (χ1n) is 12.8. The van der Waals surface area contributed by atoms with E-state index in [2.05, 4.69) is 5.10 Å². The lowest BCUT2D eigenvalue weighted by molar-refractivity contribution is -0.0374. The van der Waals surface area contributed by atoms with Crippen LogP contribution in [0, 0.1) is 6.92 Å². The third kappa shape index (κ3) is 4.35. The molecule has 2 aromatic carbocycles. The van der Waals surface area contributed by atoms with Gasteiger partial charge in [0.1, 0.15) is 18.1 Å². The Morgan fingerprint density at radius 2 is 1.95 bits per heavy atom. The van der Waals surface area contributed by atoms with E-state index in [4.69, 9.17) is 30.9 Å². The Labute approximate surface area is 231 Å². The van der Waals surface area contributed by atoms with Crippen LogP contribution in [0.15, 0.2) is 42.6 Å². The van der Waals surface area contributed by atoms with Crippen molar-refractivity contribution in [3.8, 4) is 39.7 Å². The smallest absolute Gasteiger partial charge is 0.275 e. The summed E-state index contributed by atoms with van der Waals surface area (Å²) in [5, 5.41) is 10.1. The second-order valence-corrected chi connectivity index (χ2v) is 11.0. The molecule has 4 heterocycles. The number of nitrogens with zero attached hydrogens (tertiary/aromatic N) is 5. The topological polar surface area (TPSA) is 83.6 Å².